The largest absolute Gasteiger partial charge is 0.377 e. The summed E-state index contributed by atoms with van der Waals surface area (Å²) in [6.45, 7) is 7.80. The minimum absolute atomic E-state index is 0.0565. The van der Waals surface area contributed by atoms with Crippen molar-refractivity contribution in [3.63, 3.8) is 0 Å². The summed E-state index contributed by atoms with van der Waals surface area (Å²) in [7, 11) is 0. The number of morpholine rings is 1. The minimum atomic E-state index is -0.822. The van der Waals surface area contributed by atoms with E-state index in [9.17, 15) is 4.79 Å². The van der Waals surface area contributed by atoms with Crippen LogP contribution in [0, 0.1) is 0 Å². The first-order valence-electron chi connectivity index (χ1n) is 8.32. The average Bonchev–Trinajstić information content (AvgIpc) is 2.90. The molecule has 3 aliphatic rings. The number of carbonyl (C=O) groups is 1. The summed E-state index contributed by atoms with van der Waals surface area (Å²) in [5, 5.41) is 0.156. The summed E-state index contributed by atoms with van der Waals surface area (Å²) in [6.07, 6.45) is 1.38. The molecule has 136 valence electrons. The van der Waals surface area contributed by atoms with Gasteiger partial charge in [0.05, 0.1) is 32.6 Å². The molecule has 1 aromatic rings. The van der Waals surface area contributed by atoms with Crippen molar-refractivity contribution in [1.29, 1.82) is 0 Å². The highest BCUT2D eigenvalue weighted by molar-refractivity contribution is 6.28. The lowest BCUT2D eigenvalue weighted by Gasteiger charge is -2.50. The van der Waals surface area contributed by atoms with Crippen LogP contribution in [0.15, 0.2) is 6.20 Å². The summed E-state index contributed by atoms with van der Waals surface area (Å²) in [5.41, 5.74) is -0.181. The van der Waals surface area contributed by atoms with Crippen molar-refractivity contribution in [1.82, 2.24) is 9.97 Å². The Balaban J connectivity index is 1.72. The van der Waals surface area contributed by atoms with Gasteiger partial charge in [0.2, 0.25) is 5.28 Å². The predicted molar refractivity (Wildman–Crippen MR) is 90.9 cm³/mol. The quantitative estimate of drug-likeness (QED) is 0.726. The maximum Gasteiger partial charge on any atom is 0.255 e. The fourth-order valence-corrected chi connectivity index (χ4v) is 3.77. The van der Waals surface area contributed by atoms with Gasteiger partial charge in [0, 0.05) is 6.54 Å². The molecule has 0 spiro atoms. The van der Waals surface area contributed by atoms with Crippen molar-refractivity contribution < 1.29 is 19.0 Å². The molecule has 4 rings (SSSR count). The van der Waals surface area contributed by atoms with E-state index < -0.39 is 11.3 Å². The molecule has 3 aliphatic heterocycles. The number of rotatable bonds is 2. The highest BCUT2D eigenvalue weighted by Gasteiger charge is 2.51. The third kappa shape index (κ3) is 2.77. The van der Waals surface area contributed by atoms with Gasteiger partial charge in [-0.2, -0.15) is 4.98 Å². The second kappa shape index (κ2) is 5.77. The summed E-state index contributed by atoms with van der Waals surface area (Å²) < 4.78 is 17.1. The smallest absolute Gasteiger partial charge is 0.255 e. The molecule has 4 heterocycles. The van der Waals surface area contributed by atoms with E-state index in [0.717, 1.165) is 0 Å². The summed E-state index contributed by atoms with van der Waals surface area (Å²) in [4.78, 5) is 25.4. The van der Waals surface area contributed by atoms with Crippen LogP contribution in [0.5, 0.6) is 0 Å². The van der Waals surface area contributed by atoms with E-state index in [2.05, 4.69) is 9.97 Å². The van der Waals surface area contributed by atoms with E-state index in [0.29, 0.717) is 44.4 Å². The zero-order valence-electron chi connectivity index (χ0n) is 14.5. The topological polar surface area (TPSA) is 77.0 Å². The van der Waals surface area contributed by atoms with Crippen molar-refractivity contribution in [2.24, 2.45) is 0 Å². The first kappa shape index (κ1) is 17.0. The second-order valence-corrected chi connectivity index (χ2v) is 7.53. The number of hydrogen-bond donors (Lipinski definition) is 0. The van der Waals surface area contributed by atoms with E-state index in [1.54, 1.807) is 11.1 Å². The molecule has 2 fully saturated rings. The standard InChI is InChI=1S/C16H21ClN4O4/c1-15(2)24-8-10(25-15)7-20-11-6-18-14(17)19-12(11)21-4-5-23-9-16(21,3)13(20)22/h6,10H,4-5,7-9H2,1-3H3/t10-,16?/m0/s1. The molecule has 8 nitrogen and oxygen atoms in total. The van der Waals surface area contributed by atoms with Crippen molar-refractivity contribution in [3.8, 4) is 0 Å². The second-order valence-electron chi connectivity index (χ2n) is 7.19. The van der Waals surface area contributed by atoms with E-state index in [1.165, 1.54) is 0 Å². The minimum Gasteiger partial charge on any atom is -0.377 e. The van der Waals surface area contributed by atoms with Crippen molar-refractivity contribution in [2.45, 2.75) is 38.2 Å². The summed E-state index contributed by atoms with van der Waals surface area (Å²) >= 11 is 6.02. The molecule has 2 saturated heterocycles. The Bertz CT molecular complexity index is 715. The third-order valence-corrected chi connectivity index (χ3v) is 5.05. The molecule has 0 aliphatic carbocycles. The van der Waals surface area contributed by atoms with Crippen LogP contribution in [0.2, 0.25) is 5.28 Å². The molecule has 2 atom stereocenters. The van der Waals surface area contributed by atoms with Gasteiger partial charge in [0.25, 0.3) is 5.91 Å². The number of anilines is 2. The van der Waals surface area contributed by atoms with Crippen LogP contribution >= 0.6 is 11.6 Å². The first-order chi connectivity index (χ1) is 11.8. The van der Waals surface area contributed by atoms with Crippen LogP contribution in [0.1, 0.15) is 20.8 Å². The molecule has 0 N–H and O–H groups in total. The van der Waals surface area contributed by atoms with Gasteiger partial charge in [-0.25, -0.2) is 4.98 Å². The molecule has 0 bridgehead atoms. The fourth-order valence-electron chi connectivity index (χ4n) is 3.64. The Morgan fingerprint density at radius 3 is 2.92 bits per heavy atom. The van der Waals surface area contributed by atoms with Crippen LogP contribution in [0.4, 0.5) is 11.5 Å². The Morgan fingerprint density at radius 1 is 1.40 bits per heavy atom. The van der Waals surface area contributed by atoms with Gasteiger partial charge in [-0.15, -0.1) is 0 Å². The van der Waals surface area contributed by atoms with Gasteiger partial charge in [0.15, 0.2) is 11.6 Å². The number of hydrogen-bond acceptors (Lipinski definition) is 7. The molecule has 0 saturated carbocycles. The van der Waals surface area contributed by atoms with Crippen LogP contribution in [-0.4, -0.2) is 66.2 Å². The zero-order chi connectivity index (χ0) is 17.8. The van der Waals surface area contributed by atoms with Gasteiger partial charge < -0.3 is 24.0 Å². The van der Waals surface area contributed by atoms with E-state index >= 15 is 0 Å². The van der Waals surface area contributed by atoms with Gasteiger partial charge in [-0.3, -0.25) is 4.79 Å². The Labute approximate surface area is 151 Å². The van der Waals surface area contributed by atoms with Gasteiger partial charge in [-0.1, -0.05) is 0 Å². The first-order valence-corrected chi connectivity index (χ1v) is 8.70. The Morgan fingerprint density at radius 2 is 2.20 bits per heavy atom. The fraction of sp³-hybridized carbons (Fsp3) is 0.688. The highest BCUT2D eigenvalue weighted by atomic mass is 35.5. The third-order valence-electron chi connectivity index (χ3n) is 4.86. The summed E-state index contributed by atoms with van der Waals surface area (Å²) in [5.74, 6) is -0.0466. The van der Waals surface area contributed by atoms with Crippen molar-refractivity contribution in [3.05, 3.63) is 11.5 Å². The van der Waals surface area contributed by atoms with E-state index in [-0.39, 0.29) is 17.3 Å². The average molecular weight is 369 g/mol. The molecule has 0 radical (unpaired) electrons. The van der Waals surface area contributed by atoms with Crippen molar-refractivity contribution >= 4 is 29.0 Å². The predicted octanol–water partition coefficient (Wildman–Crippen LogP) is 1.22. The lowest BCUT2D eigenvalue weighted by atomic mass is 9.93. The van der Waals surface area contributed by atoms with Crippen molar-refractivity contribution in [2.75, 3.05) is 42.7 Å². The monoisotopic (exact) mass is 368 g/mol. The number of ether oxygens (including phenoxy) is 3. The zero-order valence-corrected chi connectivity index (χ0v) is 15.2. The number of amides is 1. The molecule has 1 unspecified atom stereocenters. The summed E-state index contributed by atoms with van der Waals surface area (Å²) in [6, 6.07) is 0. The van der Waals surface area contributed by atoms with Crippen LogP contribution in [0.25, 0.3) is 0 Å². The lowest BCUT2D eigenvalue weighted by Crippen LogP contribution is -2.68. The Kier molecular flexibility index (Phi) is 3.91. The number of fused-ring (bicyclic) bond motifs is 3. The SMILES string of the molecule is CC1(C)OC[C@H](CN2C(=O)C3(C)COCCN3c3nc(Cl)ncc32)O1. The maximum atomic E-state index is 13.3. The lowest BCUT2D eigenvalue weighted by molar-refractivity contribution is -0.139. The molecular formula is C16H21ClN4O4. The molecule has 25 heavy (non-hydrogen) atoms. The van der Waals surface area contributed by atoms with E-state index in [4.69, 9.17) is 25.8 Å². The number of nitrogens with zero attached hydrogens (tertiary/aromatic N) is 4. The highest BCUT2D eigenvalue weighted by Crippen LogP contribution is 2.41. The van der Waals surface area contributed by atoms with Gasteiger partial charge >= 0.3 is 0 Å². The molecule has 9 heteroatoms. The normalized spacial score (nSPS) is 31.0. The Hall–Kier alpha value is -1.48. The molecule has 1 amide bonds. The maximum absolute atomic E-state index is 13.3. The number of carbonyl (C=O) groups excluding carboxylic acids is 1. The molecule has 0 aromatic carbocycles. The molecule has 1 aromatic heterocycles. The van der Waals surface area contributed by atoms with Crippen LogP contribution in [-0.2, 0) is 19.0 Å². The van der Waals surface area contributed by atoms with Crippen LogP contribution in [0.3, 0.4) is 0 Å². The van der Waals surface area contributed by atoms with E-state index in [1.807, 2.05) is 25.7 Å². The number of halogens is 1. The van der Waals surface area contributed by atoms with Gasteiger partial charge in [-0.05, 0) is 32.4 Å². The molecular weight excluding hydrogens is 348 g/mol. The van der Waals surface area contributed by atoms with Gasteiger partial charge in [0.1, 0.15) is 17.3 Å². The number of aromatic nitrogens is 2. The van der Waals surface area contributed by atoms with Crippen LogP contribution < -0.4 is 9.80 Å².